The first kappa shape index (κ1) is 13.3. The molecule has 0 bridgehead atoms. The van der Waals surface area contributed by atoms with E-state index in [1.165, 1.54) is 0 Å². The summed E-state index contributed by atoms with van der Waals surface area (Å²) in [5.41, 5.74) is 0.658. The molecule has 0 N–H and O–H groups in total. The van der Waals surface area contributed by atoms with Crippen molar-refractivity contribution in [1.82, 2.24) is 0 Å². The smallest absolute Gasteiger partial charge is 0.180 e. The van der Waals surface area contributed by atoms with Gasteiger partial charge in [-0.2, -0.15) is 5.26 Å². The molecule has 2 aromatic carbocycles. The van der Waals surface area contributed by atoms with Crippen molar-refractivity contribution in [3.63, 3.8) is 0 Å². The lowest BCUT2D eigenvalue weighted by atomic mass is 9.89. The second kappa shape index (κ2) is 5.67. The van der Waals surface area contributed by atoms with E-state index in [0.29, 0.717) is 17.9 Å². The molecule has 0 aliphatic rings. The Morgan fingerprint density at radius 1 is 1.16 bits per heavy atom. The summed E-state index contributed by atoms with van der Waals surface area (Å²) in [6, 6.07) is 15.6. The molecule has 1 unspecified atom stereocenters. The number of benzene rings is 2. The molecule has 0 spiro atoms. The molecule has 2 rings (SSSR count). The third-order valence-corrected chi connectivity index (χ3v) is 3.23. The maximum absolute atomic E-state index is 12.5. The van der Waals surface area contributed by atoms with Gasteiger partial charge in [-0.15, -0.1) is 0 Å². The van der Waals surface area contributed by atoms with Crippen molar-refractivity contribution < 1.29 is 4.79 Å². The molecule has 0 amide bonds. The van der Waals surface area contributed by atoms with Crippen LogP contribution in [0, 0.1) is 23.2 Å². The molecule has 0 aliphatic heterocycles. The minimum absolute atomic E-state index is 0.0620. The van der Waals surface area contributed by atoms with Crippen LogP contribution in [-0.4, -0.2) is 5.78 Å². The first-order chi connectivity index (χ1) is 9.13. The largest absolute Gasteiger partial charge is 0.293 e. The average Bonchev–Trinajstić information content (AvgIpc) is 2.43. The van der Waals surface area contributed by atoms with Crippen LogP contribution in [0.2, 0.25) is 0 Å². The van der Waals surface area contributed by atoms with E-state index in [9.17, 15) is 10.1 Å². The quantitative estimate of drug-likeness (QED) is 0.764. The number of nitrogens with zero attached hydrogens (tertiary/aromatic N) is 1. The molecule has 2 aromatic rings. The summed E-state index contributed by atoms with van der Waals surface area (Å²) in [5.74, 6) is -0.276. The maximum Gasteiger partial charge on any atom is 0.180 e. The minimum Gasteiger partial charge on any atom is -0.293 e. The average molecular weight is 251 g/mol. The van der Waals surface area contributed by atoms with Gasteiger partial charge in [0.25, 0.3) is 0 Å². The number of rotatable bonds is 4. The van der Waals surface area contributed by atoms with Gasteiger partial charge in [0.15, 0.2) is 5.78 Å². The van der Waals surface area contributed by atoms with Gasteiger partial charge in [-0.3, -0.25) is 4.79 Å². The lowest BCUT2D eigenvalue weighted by molar-refractivity contribution is 0.0938. The number of ketones is 1. The molecule has 0 aliphatic carbocycles. The van der Waals surface area contributed by atoms with E-state index in [4.69, 9.17) is 0 Å². The second-order valence-electron chi connectivity index (χ2n) is 5.20. The molecular weight excluding hydrogens is 234 g/mol. The van der Waals surface area contributed by atoms with E-state index in [2.05, 4.69) is 6.07 Å². The van der Waals surface area contributed by atoms with Crippen molar-refractivity contribution in [3.8, 4) is 6.07 Å². The van der Waals surface area contributed by atoms with Crippen LogP contribution >= 0.6 is 0 Å². The number of hydrogen-bond acceptors (Lipinski definition) is 2. The Morgan fingerprint density at radius 2 is 1.84 bits per heavy atom. The summed E-state index contributed by atoms with van der Waals surface area (Å²) in [6.07, 6.45) is 0.610. The highest BCUT2D eigenvalue weighted by atomic mass is 16.1. The standard InChI is InChI=1S/C17H17NO/c1-12(2)10-14(11-18)17(19)16-9-5-7-13-6-3-4-8-15(13)16/h3-9,12,14H,10H2,1-2H3. The van der Waals surface area contributed by atoms with E-state index in [-0.39, 0.29) is 5.78 Å². The van der Waals surface area contributed by atoms with Gasteiger partial charge in [-0.25, -0.2) is 0 Å². The van der Waals surface area contributed by atoms with Gasteiger partial charge >= 0.3 is 0 Å². The lowest BCUT2D eigenvalue weighted by Gasteiger charge is -2.12. The fourth-order valence-electron chi connectivity index (χ4n) is 2.32. The van der Waals surface area contributed by atoms with Gasteiger partial charge in [0.2, 0.25) is 0 Å². The molecule has 0 fully saturated rings. The zero-order chi connectivity index (χ0) is 13.8. The van der Waals surface area contributed by atoms with Crippen molar-refractivity contribution >= 4 is 16.6 Å². The monoisotopic (exact) mass is 251 g/mol. The summed E-state index contributed by atoms with van der Waals surface area (Å²) in [7, 11) is 0. The molecule has 2 heteroatoms. The van der Waals surface area contributed by atoms with Gasteiger partial charge in [0.05, 0.1) is 6.07 Å². The van der Waals surface area contributed by atoms with Gasteiger partial charge in [-0.1, -0.05) is 56.3 Å². The third-order valence-electron chi connectivity index (χ3n) is 3.23. The fraction of sp³-hybridized carbons (Fsp3) is 0.294. The number of hydrogen-bond donors (Lipinski definition) is 0. The van der Waals surface area contributed by atoms with Crippen LogP contribution in [0.25, 0.3) is 10.8 Å². The van der Waals surface area contributed by atoms with E-state index >= 15 is 0 Å². The van der Waals surface area contributed by atoms with Crippen molar-refractivity contribution in [2.24, 2.45) is 11.8 Å². The van der Waals surface area contributed by atoms with Gasteiger partial charge in [0.1, 0.15) is 5.92 Å². The number of fused-ring (bicyclic) bond motifs is 1. The number of Topliss-reactive ketones (excluding diaryl/α,β-unsaturated/α-hetero) is 1. The summed E-state index contributed by atoms with van der Waals surface area (Å²) < 4.78 is 0. The van der Waals surface area contributed by atoms with Crippen LogP contribution < -0.4 is 0 Å². The number of carbonyl (C=O) groups excluding carboxylic acids is 1. The van der Waals surface area contributed by atoms with Crippen LogP contribution in [0.1, 0.15) is 30.6 Å². The molecule has 96 valence electrons. The molecule has 0 saturated heterocycles. The molecule has 1 atom stereocenters. The Bertz CT molecular complexity index is 632. The third kappa shape index (κ3) is 2.82. The van der Waals surface area contributed by atoms with Crippen LogP contribution in [0.4, 0.5) is 0 Å². The highest BCUT2D eigenvalue weighted by Gasteiger charge is 2.22. The predicted octanol–water partition coefficient (Wildman–Crippen LogP) is 4.21. The minimum atomic E-state index is -0.550. The van der Waals surface area contributed by atoms with E-state index in [0.717, 1.165) is 10.8 Å². The Kier molecular flexibility index (Phi) is 3.97. The number of nitriles is 1. The van der Waals surface area contributed by atoms with Crippen molar-refractivity contribution in [1.29, 1.82) is 5.26 Å². The fourth-order valence-corrected chi connectivity index (χ4v) is 2.32. The molecule has 0 saturated carbocycles. The first-order valence-corrected chi connectivity index (χ1v) is 6.55. The highest BCUT2D eigenvalue weighted by Crippen LogP contribution is 2.23. The van der Waals surface area contributed by atoms with Crippen molar-refractivity contribution in [3.05, 3.63) is 48.0 Å². The Morgan fingerprint density at radius 3 is 2.53 bits per heavy atom. The highest BCUT2D eigenvalue weighted by molar-refractivity contribution is 6.09. The Labute approximate surface area is 113 Å². The normalized spacial score (nSPS) is 12.3. The first-order valence-electron chi connectivity index (χ1n) is 6.55. The molecule has 0 aromatic heterocycles. The molecule has 0 heterocycles. The SMILES string of the molecule is CC(C)CC(C#N)C(=O)c1cccc2ccccc12. The van der Waals surface area contributed by atoms with Crippen LogP contribution in [-0.2, 0) is 0 Å². The molecule has 19 heavy (non-hydrogen) atoms. The predicted molar refractivity (Wildman–Crippen MR) is 76.8 cm³/mol. The van der Waals surface area contributed by atoms with Crippen LogP contribution in [0.15, 0.2) is 42.5 Å². The zero-order valence-corrected chi connectivity index (χ0v) is 11.3. The molecule has 0 radical (unpaired) electrons. The zero-order valence-electron chi connectivity index (χ0n) is 11.3. The van der Waals surface area contributed by atoms with Crippen molar-refractivity contribution in [2.45, 2.75) is 20.3 Å². The van der Waals surface area contributed by atoms with Gasteiger partial charge in [0, 0.05) is 5.56 Å². The van der Waals surface area contributed by atoms with Crippen LogP contribution in [0.5, 0.6) is 0 Å². The summed E-state index contributed by atoms with van der Waals surface area (Å²) >= 11 is 0. The Balaban J connectivity index is 2.44. The number of carbonyl (C=O) groups is 1. The van der Waals surface area contributed by atoms with Crippen molar-refractivity contribution in [2.75, 3.05) is 0 Å². The van der Waals surface area contributed by atoms with Crippen LogP contribution in [0.3, 0.4) is 0 Å². The topological polar surface area (TPSA) is 40.9 Å². The molecule has 2 nitrogen and oxygen atoms in total. The Hall–Kier alpha value is -2.14. The van der Waals surface area contributed by atoms with Gasteiger partial charge in [-0.05, 0) is 23.1 Å². The van der Waals surface area contributed by atoms with E-state index in [1.54, 1.807) is 0 Å². The maximum atomic E-state index is 12.5. The summed E-state index contributed by atoms with van der Waals surface area (Å²) in [5, 5.41) is 11.2. The van der Waals surface area contributed by atoms with Gasteiger partial charge < -0.3 is 0 Å². The second-order valence-corrected chi connectivity index (χ2v) is 5.20. The molecular formula is C17H17NO. The van der Waals surface area contributed by atoms with E-state index < -0.39 is 5.92 Å². The summed E-state index contributed by atoms with van der Waals surface area (Å²) in [6.45, 7) is 4.06. The lowest BCUT2D eigenvalue weighted by Crippen LogP contribution is -2.15. The van der Waals surface area contributed by atoms with E-state index in [1.807, 2.05) is 56.3 Å². The summed E-state index contributed by atoms with van der Waals surface area (Å²) in [4.78, 5) is 12.5.